The van der Waals surface area contributed by atoms with Gasteiger partial charge in [0.25, 0.3) is 0 Å². The smallest absolute Gasteiger partial charge is 0.182 e. The van der Waals surface area contributed by atoms with Crippen molar-refractivity contribution in [3.8, 4) is 0 Å². The van der Waals surface area contributed by atoms with Gasteiger partial charge in [-0.05, 0) is 6.07 Å². The Labute approximate surface area is 66.9 Å². The van der Waals surface area contributed by atoms with Gasteiger partial charge in [-0.3, -0.25) is 0 Å². The summed E-state index contributed by atoms with van der Waals surface area (Å²) in [6.45, 7) is 0. The minimum Gasteiger partial charge on any atom is -0.397 e. The lowest BCUT2D eigenvalue weighted by Gasteiger charge is -1.88. The second-order valence-corrected chi connectivity index (χ2v) is 3.15. The number of anilines is 2. The number of fused-ring (bicyclic) bond motifs is 1. The molecule has 0 radical (unpaired) electrons. The molecule has 56 valence electrons. The number of hydrogen-bond donors (Lipinski definition) is 2. The normalized spacial score (nSPS) is 10.5. The van der Waals surface area contributed by atoms with Crippen LogP contribution in [0.5, 0.6) is 0 Å². The van der Waals surface area contributed by atoms with Crippen LogP contribution in [0.15, 0.2) is 12.3 Å². The van der Waals surface area contributed by atoms with Crippen molar-refractivity contribution < 1.29 is 0 Å². The van der Waals surface area contributed by atoms with Gasteiger partial charge in [0, 0.05) is 0 Å². The van der Waals surface area contributed by atoms with E-state index < -0.39 is 0 Å². The zero-order chi connectivity index (χ0) is 7.84. The van der Waals surface area contributed by atoms with Crippen molar-refractivity contribution in [2.24, 2.45) is 0 Å². The molecule has 0 aliphatic carbocycles. The van der Waals surface area contributed by atoms with Crippen LogP contribution in [-0.2, 0) is 0 Å². The monoisotopic (exact) mass is 166 g/mol. The number of nitrogen functional groups attached to an aromatic ring is 2. The Morgan fingerprint density at radius 3 is 3.00 bits per heavy atom. The van der Waals surface area contributed by atoms with Gasteiger partial charge in [-0.1, -0.05) is 11.3 Å². The maximum Gasteiger partial charge on any atom is 0.182 e. The highest BCUT2D eigenvalue weighted by Crippen LogP contribution is 2.22. The SMILES string of the molecule is Nc1cnc2sc(N)nc2c1. The highest BCUT2D eigenvalue weighted by molar-refractivity contribution is 7.21. The van der Waals surface area contributed by atoms with Gasteiger partial charge in [-0.15, -0.1) is 0 Å². The molecule has 4 N–H and O–H groups in total. The number of nitrogens with zero attached hydrogens (tertiary/aromatic N) is 2. The van der Waals surface area contributed by atoms with Gasteiger partial charge in [-0.25, -0.2) is 9.97 Å². The van der Waals surface area contributed by atoms with Crippen LogP contribution in [0.4, 0.5) is 10.8 Å². The molecule has 0 aromatic carbocycles. The molecule has 0 saturated heterocycles. The third-order valence-electron chi connectivity index (χ3n) is 1.29. The fourth-order valence-corrected chi connectivity index (χ4v) is 1.51. The largest absolute Gasteiger partial charge is 0.397 e. The van der Waals surface area contributed by atoms with Gasteiger partial charge in [0.15, 0.2) is 5.13 Å². The van der Waals surface area contributed by atoms with E-state index in [2.05, 4.69) is 9.97 Å². The number of hydrogen-bond acceptors (Lipinski definition) is 5. The van der Waals surface area contributed by atoms with Crippen LogP contribution in [0.25, 0.3) is 10.3 Å². The first-order valence-corrected chi connectivity index (χ1v) is 3.85. The molecule has 0 bridgehead atoms. The third-order valence-corrected chi connectivity index (χ3v) is 2.09. The van der Waals surface area contributed by atoms with E-state index in [0.717, 1.165) is 10.3 Å². The van der Waals surface area contributed by atoms with E-state index in [1.807, 2.05) is 0 Å². The summed E-state index contributed by atoms with van der Waals surface area (Å²) in [5, 5.41) is 0.526. The van der Waals surface area contributed by atoms with Crippen molar-refractivity contribution in [3.63, 3.8) is 0 Å². The van der Waals surface area contributed by atoms with Crippen LogP contribution in [0, 0.1) is 0 Å². The van der Waals surface area contributed by atoms with Gasteiger partial charge in [0.05, 0.1) is 11.9 Å². The Balaban J connectivity index is 2.82. The zero-order valence-electron chi connectivity index (χ0n) is 5.61. The first kappa shape index (κ1) is 6.36. The van der Waals surface area contributed by atoms with Crippen LogP contribution >= 0.6 is 11.3 Å². The van der Waals surface area contributed by atoms with Gasteiger partial charge >= 0.3 is 0 Å². The molecule has 11 heavy (non-hydrogen) atoms. The zero-order valence-corrected chi connectivity index (χ0v) is 6.43. The van der Waals surface area contributed by atoms with E-state index in [-0.39, 0.29) is 0 Å². The van der Waals surface area contributed by atoms with E-state index in [4.69, 9.17) is 11.5 Å². The minimum absolute atomic E-state index is 0.526. The van der Waals surface area contributed by atoms with E-state index in [1.165, 1.54) is 11.3 Å². The molecule has 2 aromatic rings. The molecule has 4 nitrogen and oxygen atoms in total. The molecule has 0 aliphatic heterocycles. The molecule has 0 aliphatic rings. The summed E-state index contributed by atoms with van der Waals surface area (Å²) in [4.78, 5) is 8.91. The van der Waals surface area contributed by atoms with Crippen molar-refractivity contribution >= 4 is 32.5 Å². The highest BCUT2D eigenvalue weighted by atomic mass is 32.1. The Kier molecular flexibility index (Phi) is 1.19. The molecular formula is C6H6N4S. The van der Waals surface area contributed by atoms with E-state index >= 15 is 0 Å². The first-order chi connectivity index (χ1) is 5.25. The summed E-state index contributed by atoms with van der Waals surface area (Å²) >= 11 is 1.36. The lowest BCUT2D eigenvalue weighted by molar-refractivity contribution is 1.41. The summed E-state index contributed by atoms with van der Waals surface area (Å²) in [6, 6.07) is 1.76. The van der Waals surface area contributed by atoms with Crippen LogP contribution in [0.1, 0.15) is 0 Å². The molecular weight excluding hydrogens is 160 g/mol. The third kappa shape index (κ3) is 0.988. The number of nitrogens with two attached hydrogens (primary N) is 2. The molecule has 0 fully saturated rings. The van der Waals surface area contributed by atoms with E-state index in [0.29, 0.717) is 10.8 Å². The van der Waals surface area contributed by atoms with Gasteiger partial charge in [0.1, 0.15) is 10.3 Å². The lowest BCUT2D eigenvalue weighted by atomic mass is 10.4. The van der Waals surface area contributed by atoms with Crippen LogP contribution in [-0.4, -0.2) is 9.97 Å². The Morgan fingerprint density at radius 1 is 1.36 bits per heavy atom. The summed E-state index contributed by atoms with van der Waals surface area (Å²) in [5.74, 6) is 0. The van der Waals surface area contributed by atoms with E-state index in [9.17, 15) is 0 Å². The van der Waals surface area contributed by atoms with Crippen LogP contribution in [0.3, 0.4) is 0 Å². The molecule has 0 saturated carbocycles. The fourth-order valence-electron chi connectivity index (χ4n) is 0.855. The van der Waals surface area contributed by atoms with Gasteiger partial charge in [-0.2, -0.15) is 0 Å². The molecule has 5 heteroatoms. The van der Waals surface area contributed by atoms with Gasteiger partial charge in [0.2, 0.25) is 0 Å². The number of aromatic nitrogens is 2. The molecule has 2 aromatic heterocycles. The summed E-state index contributed by atoms with van der Waals surface area (Å²) in [6.07, 6.45) is 1.60. The second-order valence-electron chi connectivity index (χ2n) is 2.15. The molecule has 2 heterocycles. The van der Waals surface area contributed by atoms with Crippen molar-refractivity contribution in [3.05, 3.63) is 12.3 Å². The topological polar surface area (TPSA) is 77.8 Å². The minimum atomic E-state index is 0.526. The first-order valence-electron chi connectivity index (χ1n) is 3.03. The number of thiazole rings is 1. The Bertz CT molecular complexity index is 394. The molecule has 0 atom stereocenters. The highest BCUT2D eigenvalue weighted by Gasteiger charge is 2.00. The van der Waals surface area contributed by atoms with Crippen LogP contribution in [0.2, 0.25) is 0 Å². The molecule has 0 amide bonds. The summed E-state index contributed by atoms with van der Waals surface area (Å²) < 4.78 is 0. The van der Waals surface area contributed by atoms with Crippen LogP contribution < -0.4 is 11.5 Å². The standard InChI is InChI=1S/C6H6N4S/c7-3-1-4-5(9-2-3)11-6(8)10-4/h1-2H,7H2,(H2,8,10). The Morgan fingerprint density at radius 2 is 2.18 bits per heavy atom. The lowest BCUT2D eigenvalue weighted by Crippen LogP contribution is -1.85. The van der Waals surface area contributed by atoms with Crippen molar-refractivity contribution in [2.75, 3.05) is 11.5 Å². The maximum absolute atomic E-state index is 5.49. The predicted octanol–water partition coefficient (Wildman–Crippen LogP) is 0.856. The molecule has 0 unspecified atom stereocenters. The van der Waals surface area contributed by atoms with Crippen molar-refractivity contribution in [2.45, 2.75) is 0 Å². The second kappa shape index (κ2) is 2.06. The molecule has 2 rings (SSSR count). The Hall–Kier alpha value is -1.36. The summed E-state index contributed by atoms with van der Waals surface area (Å²) in [7, 11) is 0. The van der Waals surface area contributed by atoms with Gasteiger partial charge < -0.3 is 11.5 Å². The average Bonchev–Trinajstić information content (AvgIpc) is 2.27. The number of rotatable bonds is 0. The maximum atomic E-state index is 5.49. The fraction of sp³-hybridized carbons (Fsp3) is 0. The van der Waals surface area contributed by atoms with E-state index in [1.54, 1.807) is 12.3 Å². The summed E-state index contributed by atoms with van der Waals surface area (Å²) in [5.41, 5.74) is 12.3. The molecule has 0 spiro atoms. The number of pyridine rings is 1. The average molecular weight is 166 g/mol. The van der Waals surface area contributed by atoms with Crippen molar-refractivity contribution in [1.29, 1.82) is 0 Å². The quantitative estimate of drug-likeness (QED) is 0.608. The van der Waals surface area contributed by atoms with Crippen molar-refractivity contribution in [1.82, 2.24) is 9.97 Å². The predicted molar refractivity (Wildman–Crippen MR) is 46.2 cm³/mol.